The molecule has 0 radical (unpaired) electrons. The molecule has 0 aliphatic carbocycles. The average Bonchev–Trinajstić information content (AvgIpc) is 3.28. The Labute approximate surface area is 139 Å². The van der Waals surface area contributed by atoms with Gasteiger partial charge < -0.3 is 0 Å². The van der Waals surface area contributed by atoms with Gasteiger partial charge in [-0.3, -0.25) is 0 Å². The molecule has 2 aromatic carbocycles. The third-order valence-electron chi connectivity index (χ3n) is 3.70. The molecular weight excluding hydrogens is 324 g/mol. The smallest absolute Gasteiger partial charge is 0.150 e. The van der Waals surface area contributed by atoms with Crippen LogP contribution >= 0.6 is 22.7 Å². The fourth-order valence-corrected chi connectivity index (χ4v) is 4.36. The summed E-state index contributed by atoms with van der Waals surface area (Å²) in [6.45, 7) is 0. The van der Waals surface area contributed by atoms with E-state index in [2.05, 4.69) is 51.8 Å². The molecule has 23 heavy (non-hydrogen) atoms. The summed E-state index contributed by atoms with van der Waals surface area (Å²) in [5.74, 6) is 6.43. The lowest BCUT2D eigenvalue weighted by Crippen LogP contribution is -1.77. The Hall–Kier alpha value is -2.68. The van der Waals surface area contributed by atoms with Crippen LogP contribution in [0.5, 0.6) is 0 Å². The second-order valence-electron chi connectivity index (χ2n) is 5.15. The van der Waals surface area contributed by atoms with E-state index in [1.165, 1.54) is 20.2 Å². The van der Waals surface area contributed by atoms with E-state index in [0.29, 0.717) is 5.52 Å². The van der Waals surface area contributed by atoms with Crippen molar-refractivity contribution in [1.29, 1.82) is 0 Å². The van der Waals surface area contributed by atoms with Crippen LogP contribution in [-0.4, -0.2) is 10.3 Å². The average molecular weight is 332 g/mol. The van der Waals surface area contributed by atoms with Gasteiger partial charge in [-0.1, -0.05) is 17.9 Å². The van der Waals surface area contributed by atoms with Gasteiger partial charge in [0.25, 0.3) is 0 Å². The largest absolute Gasteiger partial charge is 0.243 e. The predicted molar refractivity (Wildman–Crippen MR) is 95.0 cm³/mol. The summed E-state index contributed by atoms with van der Waals surface area (Å²) in [5, 5.41) is 12.4. The summed E-state index contributed by atoms with van der Waals surface area (Å²) in [4.78, 5) is 1.05. The quantitative estimate of drug-likeness (QED) is 0.372. The van der Waals surface area contributed by atoms with E-state index in [1.54, 1.807) is 22.7 Å². The van der Waals surface area contributed by atoms with Crippen molar-refractivity contribution in [2.75, 3.05) is 0 Å². The summed E-state index contributed by atoms with van der Waals surface area (Å²) >= 11 is 3.48. The van der Waals surface area contributed by atoms with E-state index in [0.717, 1.165) is 16.0 Å². The van der Waals surface area contributed by atoms with E-state index in [-0.39, 0.29) is 0 Å². The summed E-state index contributed by atoms with van der Waals surface area (Å²) in [7, 11) is 0. The topological polar surface area (TPSA) is 38.9 Å². The molecule has 0 saturated carbocycles. The Bertz CT molecular complexity index is 1190. The van der Waals surface area contributed by atoms with Crippen molar-refractivity contribution < 1.29 is 4.63 Å². The molecule has 0 N–H and O–H groups in total. The van der Waals surface area contributed by atoms with Crippen molar-refractivity contribution >= 4 is 53.9 Å². The van der Waals surface area contributed by atoms with Crippen LogP contribution in [0.1, 0.15) is 10.4 Å². The van der Waals surface area contributed by atoms with Crippen LogP contribution in [0.4, 0.5) is 0 Å². The summed E-state index contributed by atoms with van der Waals surface area (Å²) in [6, 6.07) is 14.5. The van der Waals surface area contributed by atoms with Crippen molar-refractivity contribution in [3.05, 3.63) is 58.3 Å². The fraction of sp³-hybridized carbons (Fsp3) is 0. The van der Waals surface area contributed by atoms with E-state index in [1.807, 2.05) is 18.2 Å². The minimum atomic E-state index is 0.710. The minimum Gasteiger partial charge on any atom is -0.243 e. The van der Waals surface area contributed by atoms with Crippen LogP contribution in [0.2, 0.25) is 0 Å². The Balaban J connectivity index is 1.62. The number of hydrogen-bond acceptors (Lipinski definition) is 5. The number of fused-ring (bicyclic) bond motifs is 3. The van der Waals surface area contributed by atoms with Gasteiger partial charge in [0.15, 0.2) is 5.52 Å². The lowest BCUT2D eigenvalue weighted by Gasteiger charge is -1.89. The van der Waals surface area contributed by atoms with Crippen LogP contribution in [0, 0.1) is 11.8 Å². The third kappa shape index (κ3) is 2.12. The molecule has 3 aromatic heterocycles. The molecule has 0 amide bonds. The number of benzene rings is 2. The molecule has 5 rings (SSSR count). The molecule has 108 valence electrons. The first-order valence-electron chi connectivity index (χ1n) is 7.01. The van der Waals surface area contributed by atoms with Gasteiger partial charge in [-0.2, -0.15) is 0 Å². The molecule has 0 aliphatic heterocycles. The molecule has 3 nitrogen and oxygen atoms in total. The number of hydrogen-bond donors (Lipinski definition) is 0. The summed E-state index contributed by atoms with van der Waals surface area (Å²) in [6.07, 6.45) is 0. The molecule has 0 bridgehead atoms. The first kappa shape index (κ1) is 12.8. The van der Waals surface area contributed by atoms with Crippen molar-refractivity contribution in [2.45, 2.75) is 0 Å². The van der Waals surface area contributed by atoms with Gasteiger partial charge in [0.05, 0.1) is 10.4 Å². The van der Waals surface area contributed by atoms with Crippen LogP contribution in [-0.2, 0) is 0 Å². The molecule has 0 fully saturated rings. The highest BCUT2D eigenvalue weighted by atomic mass is 32.1. The Morgan fingerprint density at radius 1 is 0.913 bits per heavy atom. The van der Waals surface area contributed by atoms with Crippen LogP contribution < -0.4 is 0 Å². The number of nitrogens with zero attached hydrogens (tertiary/aromatic N) is 2. The first-order valence-corrected chi connectivity index (χ1v) is 8.70. The zero-order valence-electron chi connectivity index (χ0n) is 11.7. The lowest BCUT2D eigenvalue weighted by atomic mass is 10.2. The van der Waals surface area contributed by atoms with E-state index < -0.39 is 0 Å². The molecule has 0 atom stereocenters. The van der Waals surface area contributed by atoms with Gasteiger partial charge in [0.1, 0.15) is 5.52 Å². The maximum absolute atomic E-state index is 4.78. The van der Waals surface area contributed by atoms with Gasteiger partial charge >= 0.3 is 0 Å². The van der Waals surface area contributed by atoms with E-state index >= 15 is 0 Å². The number of thiophene rings is 2. The zero-order chi connectivity index (χ0) is 15.2. The molecule has 5 aromatic rings. The molecule has 0 aliphatic rings. The SMILES string of the molecule is C(#Cc1cccc2nonc12)c1cc2cc3sccc3cc2s1. The van der Waals surface area contributed by atoms with Gasteiger partial charge in [-0.15, -0.1) is 22.7 Å². The van der Waals surface area contributed by atoms with E-state index in [4.69, 9.17) is 4.63 Å². The van der Waals surface area contributed by atoms with Crippen LogP contribution in [0.25, 0.3) is 31.2 Å². The van der Waals surface area contributed by atoms with Crippen molar-refractivity contribution in [2.24, 2.45) is 0 Å². The zero-order valence-corrected chi connectivity index (χ0v) is 13.4. The Morgan fingerprint density at radius 3 is 2.87 bits per heavy atom. The second-order valence-corrected chi connectivity index (χ2v) is 7.18. The highest BCUT2D eigenvalue weighted by molar-refractivity contribution is 7.20. The molecule has 5 heteroatoms. The minimum absolute atomic E-state index is 0.710. The van der Waals surface area contributed by atoms with Crippen LogP contribution in [0.15, 0.2) is 52.5 Å². The third-order valence-corrected chi connectivity index (χ3v) is 5.59. The number of aromatic nitrogens is 2. The number of rotatable bonds is 0. The van der Waals surface area contributed by atoms with Gasteiger partial charge in [-0.05, 0) is 62.9 Å². The summed E-state index contributed by atoms with van der Waals surface area (Å²) < 4.78 is 7.36. The monoisotopic (exact) mass is 332 g/mol. The van der Waals surface area contributed by atoms with Gasteiger partial charge in [0.2, 0.25) is 0 Å². The molecular formula is C18H8N2OS2. The van der Waals surface area contributed by atoms with Gasteiger partial charge in [0, 0.05) is 9.40 Å². The maximum Gasteiger partial charge on any atom is 0.150 e. The maximum atomic E-state index is 4.78. The lowest BCUT2D eigenvalue weighted by molar-refractivity contribution is 0.315. The van der Waals surface area contributed by atoms with Crippen molar-refractivity contribution in [3.63, 3.8) is 0 Å². The molecule has 3 heterocycles. The van der Waals surface area contributed by atoms with Gasteiger partial charge in [-0.25, -0.2) is 4.63 Å². The predicted octanol–water partition coefficient (Wildman–Crippen LogP) is 5.05. The second kappa shape index (κ2) is 4.92. The molecule has 0 saturated heterocycles. The first-order chi connectivity index (χ1) is 11.4. The highest BCUT2D eigenvalue weighted by Crippen LogP contribution is 2.32. The molecule has 0 spiro atoms. The Morgan fingerprint density at radius 2 is 1.87 bits per heavy atom. The van der Waals surface area contributed by atoms with Crippen molar-refractivity contribution in [3.8, 4) is 11.8 Å². The van der Waals surface area contributed by atoms with Crippen LogP contribution in [0.3, 0.4) is 0 Å². The normalized spacial score (nSPS) is 11.1. The molecule has 0 unspecified atom stereocenters. The fourth-order valence-electron chi connectivity index (χ4n) is 2.59. The summed E-state index contributed by atoms with van der Waals surface area (Å²) in [5.41, 5.74) is 2.28. The van der Waals surface area contributed by atoms with E-state index in [9.17, 15) is 0 Å². The highest BCUT2D eigenvalue weighted by Gasteiger charge is 2.05. The Kier molecular flexibility index (Phi) is 2.74. The standard InChI is InChI=1S/C18H8N2OS2/c1-2-11(18-15(3-1)19-21-20-18)4-5-14-8-13-10-16-12(6-7-22-16)9-17(13)23-14/h1-3,6-10H. The van der Waals surface area contributed by atoms with Crippen molar-refractivity contribution in [1.82, 2.24) is 10.3 Å².